The van der Waals surface area contributed by atoms with Crippen LogP contribution in [-0.2, 0) is 18.9 Å². The number of ether oxygens (including phenoxy) is 4. The first-order chi connectivity index (χ1) is 12.0. The van der Waals surface area contributed by atoms with Gasteiger partial charge in [-0.15, -0.1) is 11.3 Å². The van der Waals surface area contributed by atoms with Crippen LogP contribution in [0.1, 0.15) is 38.5 Å². The molecule has 0 unspecified atom stereocenters. The summed E-state index contributed by atoms with van der Waals surface area (Å²) in [6, 6.07) is 3.75. The van der Waals surface area contributed by atoms with E-state index >= 15 is 0 Å². The minimum Gasteiger partial charge on any atom is -0.434 e. The maximum atomic E-state index is 11.8. The van der Waals surface area contributed by atoms with Crippen LogP contribution in [0.5, 0.6) is 0 Å². The number of dihydropyridines is 1. The quantitative estimate of drug-likeness (QED) is 0.779. The van der Waals surface area contributed by atoms with E-state index in [2.05, 4.69) is 5.32 Å². The average molecular weight is 367 g/mol. The van der Waals surface area contributed by atoms with Crippen LogP contribution in [0.4, 0.5) is 9.59 Å². The lowest BCUT2D eigenvalue weighted by molar-refractivity contribution is 0.0650. The Hall–Kier alpha value is -2.48. The van der Waals surface area contributed by atoms with E-state index in [1.807, 2.05) is 17.5 Å². The van der Waals surface area contributed by atoms with E-state index in [1.165, 1.54) is 11.3 Å². The monoisotopic (exact) mass is 367 g/mol. The van der Waals surface area contributed by atoms with Gasteiger partial charge in [-0.2, -0.15) is 0 Å². The summed E-state index contributed by atoms with van der Waals surface area (Å²) >= 11 is 1.46. The van der Waals surface area contributed by atoms with Crippen molar-refractivity contribution in [2.24, 2.45) is 0 Å². The Labute approximate surface area is 150 Å². The van der Waals surface area contributed by atoms with Crippen molar-refractivity contribution in [3.05, 3.63) is 45.3 Å². The smallest absolute Gasteiger partial charge is 0.434 e. The van der Waals surface area contributed by atoms with Gasteiger partial charge in [0.2, 0.25) is 0 Å². The number of carbonyl (C=O) groups is 2. The van der Waals surface area contributed by atoms with Crippen molar-refractivity contribution in [2.75, 3.05) is 13.2 Å². The van der Waals surface area contributed by atoms with Gasteiger partial charge in [-0.25, -0.2) is 9.59 Å². The zero-order valence-electron chi connectivity index (χ0n) is 14.6. The van der Waals surface area contributed by atoms with E-state index in [9.17, 15) is 9.59 Å². The van der Waals surface area contributed by atoms with Crippen LogP contribution in [0.2, 0.25) is 0 Å². The summed E-state index contributed by atoms with van der Waals surface area (Å²) in [4.78, 5) is 24.5. The predicted octanol–water partition coefficient (Wildman–Crippen LogP) is 4.24. The van der Waals surface area contributed by atoms with E-state index in [0.717, 1.165) is 4.88 Å². The molecule has 2 heterocycles. The molecule has 0 spiro atoms. The van der Waals surface area contributed by atoms with Crippen LogP contribution in [0.3, 0.4) is 0 Å². The van der Waals surface area contributed by atoms with Gasteiger partial charge in [-0.05, 0) is 39.1 Å². The summed E-state index contributed by atoms with van der Waals surface area (Å²) in [5.41, 5.74) is 1.28. The molecule has 2 rings (SSSR count). The fraction of sp³-hybridized carbons (Fsp3) is 0.412. The van der Waals surface area contributed by atoms with Crippen LogP contribution in [0.15, 0.2) is 40.4 Å². The second-order valence-electron chi connectivity index (χ2n) is 5.12. The fourth-order valence-electron chi connectivity index (χ4n) is 2.42. The maximum absolute atomic E-state index is 11.8. The fourth-order valence-corrected chi connectivity index (χ4v) is 3.24. The highest BCUT2D eigenvalue weighted by atomic mass is 32.1. The first-order valence-electron chi connectivity index (χ1n) is 7.89. The molecular formula is C17H21NO6S. The Balaban J connectivity index is 2.39. The standard InChI is InChI=1S/C17H21NO6S/c1-5-21-16(19)23-14-10(3)18-11(4)15(24-17(20)22-6-2)13(14)12-8-7-9-25-12/h7-9,13,18H,5-6H2,1-4H3. The lowest BCUT2D eigenvalue weighted by Gasteiger charge is -2.29. The zero-order chi connectivity index (χ0) is 18.4. The Kier molecular flexibility index (Phi) is 6.46. The van der Waals surface area contributed by atoms with E-state index in [0.29, 0.717) is 22.9 Å². The minimum absolute atomic E-state index is 0.198. The molecule has 0 amide bonds. The first-order valence-corrected chi connectivity index (χ1v) is 8.77. The summed E-state index contributed by atoms with van der Waals surface area (Å²) in [5, 5.41) is 4.96. The van der Waals surface area contributed by atoms with Gasteiger partial charge in [0.05, 0.1) is 24.6 Å². The Morgan fingerprint density at radius 3 is 1.96 bits per heavy atom. The Morgan fingerprint density at radius 1 is 1.04 bits per heavy atom. The summed E-state index contributed by atoms with van der Waals surface area (Å²) in [6.45, 7) is 7.33. The molecule has 136 valence electrons. The number of nitrogens with one attached hydrogen (secondary N) is 1. The first kappa shape index (κ1) is 18.9. The van der Waals surface area contributed by atoms with E-state index in [-0.39, 0.29) is 13.2 Å². The van der Waals surface area contributed by atoms with Gasteiger partial charge < -0.3 is 24.3 Å². The van der Waals surface area contributed by atoms with E-state index < -0.39 is 18.2 Å². The van der Waals surface area contributed by atoms with Crippen molar-refractivity contribution < 1.29 is 28.5 Å². The lowest BCUT2D eigenvalue weighted by Crippen LogP contribution is -2.29. The number of allylic oxidation sites excluding steroid dienone is 2. The van der Waals surface area contributed by atoms with Gasteiger partial charge in [0.1, 0.15) is 17.4 Å². The highest BCUT2D eigenvalue weighted by molar-refractivity contribution is 7.10. The number of rotatable bonds is 5. The second-order valence-corrected chi connectivity index (χ2v) is 6.10. The van der Waals surface area contributed by atoms with Crippen LogP contribution in [0, 0.1) is 0 Å². The van der Waals surface area contributed by atoms with Crippen molar-refractivity contribution in [1.82, 2.24) is 5.32 Å². The lowest BCUT2D eigenvalue weighted by atomic mass is 9.96. The van der Waals surface area contributed by atoms with Gasteiger partial charge >= 0.3 is 12.3 Å². The molecule has 0 atom stereocenters. The van der Waals surface area contributed by atoms with E-state index in [1.54, 1.807) is 27.7 Å². The molecule has 1 aliphatic rings. The topological polar surface area (TPSA) is 83.1 Å². The highest BCUT2D eigenvalue weighted by Gasteiger charge is 2.36. The van der Waals surface area contributed by atoms with Crippen molar-refractivity contribution in [2.45, 2.75) is 33.6 Å². The summed E-state index contributed by atoms with van der Waals surface area (Å²) in [7, 11) is 0. The normalized spacial score (nSPS) is 14.9. The molecule has 1 aliphatic heterocycles. The van der Waals surface area contributed by atoms with Gasteiger partial charge in [0.15, 0.2) is 0 Å². The molecule has 0 saturated carbocycles. The molecule has 8 heteroatoms. The number of hydrogen-bond acceptors (Lipinski definition) is 8. The molecule has 0 saturated heterocycles. The van der Waals surface area contributed by atoms with Gasteiger partial charge in [0, 0.05) is 4.88 Å². The highest BCUT2D eigenvalue weighted by Crippen LogP contribution is 2.41. The third-order valence-electron chi connectivity index (χ3n) is 3.38. The molecule has 1 aromatic heterocycles. The van der Waals surface area contributed by atoms with Gasteiger partial charge in [0.25, 0.3) is 0 Å². The minimum atomic E-state index is -0.810. The van der Waals surface area contributed by atoms with Crippen molar-refractivity contribution in [3.8, 4) is 0 Å². The van der Waals surface area contributed by atoms with Crippen molar-refractivity contribution >= 4 is 23.6 Å². The van der Waals surface area contributed by atoms with Crippen molar-refractivity contribution in [3.63, 3.8) is 0 Å². The molecule has 0 aliphatic carbocycles. The molecule has 0 aromatic carbocycles. The third-order valence-corrected chi connectivity index (χ3v) is 4.31. The predicted molar refractivity (Wildman–Crippen MR) is 91.8 cm³/mol. The molecule has 0 fully saturated rings. The molecule has 0 bridgehead atoms. The Bertz CT molecular complexity index is 650. The summed E-state index contributed by atoms with van der Waals surface area (Å²) in [6.07, 6.45) is -1.62. The third kappa shape index (κ3) is 4.54. The Morgan fingerprint density at radius 2 is 1.56 bits per heavy atom. The van der Waals surface area contributed by atoms with Crippen LogP contribution >= 0.6 is 11.3 Å². The molecule has 7 nitrogen and oxygen atoms in total. The number of carbonyl (C=O) groups excluding carboxylic acids is 2. The zero-order valence-corrected chi connectivity index (χ0v) is 15.4. The SMILES string of the molecule is CCOC(=O)OC1=C(C)NC(C)=C(OC(=O)OCC)C1c1cccs1. The van der Waals surface area contributed by atoms with Crippen LogP contribution < -0.4 is 5.32 Å². The van der Waals surface area contributed by atoms with Crippen molar-refractivity contribution in [1.29, 1.82) is 0 Å². The van der Waals surface area contributed by atoms with Gasteiger partial charge in [-0.3, -0.25) is 0 Å². The molecular weight excluding hydrogens is 346 g/mol. The van der Waals surface area contributed by atoms with Crippen LogP contribution in [0.25, 0.3) is 0 Å². The number of thiophene rings is 1. The summed E-state index contributed by atoms with van der Waals surface area (Å²) < 4.78 is 20.5. The maximum Gasteiger partial charge on any atom is 0.513 e. The van der Waals surface area contributed by atoms with E-state index in [4.69, 9.17) is 18.9 Å². The molecule has 1 N–H and O–H groups in total. The van der Waals surface area contributed by atoms with Gasteiger partial charge in [-0.1, -0.05) is 6.07 Å². The molecule has 0 radical (unpaired) electrons. The van der Waals surface area contributed by atoms with Crippen LogP contribution in [-0.4, -0.2) is 25.5 Å². The largest absolute Gasteiger partial charge is 0.513 e. The molecule has 25 heavy (non-hydrogen) atoms. The average Bonchev–Trinajstić information content (AvgIpc) is 3.06. The second kappa shape index (κ2) is 8.57. The summed E-state index contributed by atoms with van der Waals surface area (Å²) in [5.74, 6) is 0.103. The number of hydrogen-bond donors (Lipinski definition) is 1. The molecule has 1 aromatic rings.